The quantitative estimate of drug-likeness (QED) is 0.450. The highest BCUT2D eigenvalue weighted by Gasteiger charge is 2.35. The Morgan fingerprint density at radius 3 is 2.44 bits per heavy atom. The number of aromatic nitrogens is 2. The van der Waals surface area contributed by atoms with Crippen molar-refractivity contribution in [3.63, 3.8) is 0 Å². The van der Waals surface area contributed by atoms with Gasteiger partial charge in [-0.3, -0.25) is 10.2 Å². The largest absolute Gasteiger partial charge is 0.303 e. The molecule has 0 saturated carbocycles. The van der Waals surface area contributed by atoms with E-state index in [0.29, 0.717) is 20.9 Å². The number of hydrazone groups is 2. The number of amides is 1. The van der Waals surface area contributed by atoms with Gasteiger partial charge in [-0.05, 0) is 0 Å². The second-order valence-electron chi connectivity index (χ2n) is 6.53. The number of anilines is 2. The summed E-state index contributed by atoms with van der Waals surface area (Å²) in [6.45, 7) is 0. The zero-order chi connectivity index (χ0) is 21.9. The summed E-state index contributed by atoms with van der Waals surface area (Å²) in [6.07, 6.45) is 1.45. The van der Waals surface area contributed by atoms with E-state index in [9.17, 15) is 4.79 Å². The number of benzene rings is 2. The molecule has 0 radical (unpaired) electrons. The van der Waals surface area contributed by atoms with Crippen molar-refractivity contribution >= 4 is 50.3 Å². The molecule has 0 aliphatic carbocycles. The minimum atomic E-state index is -0.401. The van der Waals surface area contributed by atoms with Crippen LogP contribution in [0.2, 0.25) is 0 Å². The lowest BCUT2D eigenvalue weighted by Crippen LogP contribution is -2.28. The molecule has 0 unspecified atom stereocenters. The number of nitrogens with zero attached hydrogens (tertiary/aromatic N) is 6. The fraction of sp³-hybridized carbons (Fsp3) is 0. The van der Waals surface area contributed by atoms with Crippen LogP contribution in [0.1, 0.15) is 10.4 Å². The maximum atomic E-state index is 13.3. The van der Waals surface area contributed by atoms with Gasteiger partial charge in [-0.25, -0.2) is 9.97 Å². The van der Waals surface area contributed by atoms with Crippen molar-refractivity contribution in [3.8, 4) is 17.3 Å². The molecule has 2 aromatic heterocycles. The first-order valence-corrected chi connectivity index (χ1v) is 11.1. The smallest absolute Gasteiger partial charge is 0.265 e. The lowest BCUT2D eigenvalue weighted by molar-refractivity contribution is -0.112. The highest BCUT2D eigenvalue weighted by Crippen LogP contribution is 2.30. The SMILES string of the molecule is N#Cc1cnc(N/N=C2\C(=O)N(c3nc(-c4ccccc4)cs3)N=C2c2ccccc2)s1. The van der Waals surface area contributed by atoms with E-state index in [1.165, 1.54) is 22.5 Å². The van der Waals surface area contributed by atoms with Crippen LogP contribution in [-0.4, -0.2) is 27.3 Å². The van der Waals surface area contributed by atoms with Gasteiger partial charge in [0.05, 0.1) is 11.9 Å². The summed E-state index contributed by atoms with van der Waals surface area (Å²) in [5, 5.41) is 21.8. The predicted octanol–water partition coefficient (Wildman–Crippen LogP) is 4.36. The molecule has 8 nitrogen and oxygen atoms in total. The van der Waals surface area contributed by atoms with Crippen LogP contribution < -0.4 is 10.4 Å². The second-order valence-corrected chi connectivity index (χ2v) is 8.39. The van der Waals surface area contributed by atoms with Gasteiger partial charge in [-0.1, -0.05) is 72.0 Å². The number of rotatable bonds is 5. The molecular weight excluding hydrogens is 442 g/mol. The van der Waals surface area contributed by atoms with Gasteiger partial charge >= 0.3 is 5.91 Å². The summed E-state index contributed by atoms with van der Waals surface area (Å²) in [6, 6.07) is 21.1. The average Bonchev–Trinajstić information content (AvgIpc) is 3.58. The average molecular weight is 456 g/mol. The van der Waals surface area contributed by atoms with Gasteiger partial charge < -0.3 is 0 Å². The maximum Gasteiger partial charge on any atom is 0.303 e. The lowest BCUT2D eigenvalue weighted by Gasteiger charge is -2.06. The minimum absolute atomic E-state index is 0.140. The number of hydrogen-bond donors (Lipinski definition) is 1. The van der Waals surface area contributed by atoms with Crippen LogP contribution in [0.15, 0.2) is 82.4 Å². The van der Waals surface area contributed by atoms with Crippen molar-refractivity contribution < 1.29 is 4.79 Å². The summed E-state index contributed by atoms with van der Waals surface area (Å²) in [5.41, 5.74) is 5.82. The van der Waals surface area contributed by atoms with Crippen LogP contribution in [-0.2, 0) is 4.79 Å². The highest BCUT2D eigenvalue weighted by molar-refractivity contribution is 7.16. The van der Waals surface area contributed by atoms with E-state index in [1.807, 2.05) is 72.1 Å². The van der Waals surface area contributed by atoms with Crippen molar-refractivity contribution in [2.75, 3.05) is 10.4 Å². The van der Waals surface area contributed by atoms with Crippen LogP contribution in [0.3, 0.4) is 0 Å². The van der Waals surface area contributed by atoms with E-state index in [4.69, 9.17) is 5.26 Å². The monoisotopic (exact) mass is 455 g/mol. The van der Waals surface area contributed by atoms with Crippen LogP contribution in [0.4, 0.5) is 10.3 Å². The van der Waals surface area contributed by atoms with Crippen molar-refractivity contribution in [1.29, 1.82) is 5.26 Å². The molecule has 1 amide bonds. The minimum Gasteiger partial charge on any atom is -0.265 e. The Balaban J connectivity index is 1.50. The molecule has 1 aliphatic heterocycles. The van der Waals surface area contributed by atoms with Crippen molar-refractivity contribution in [2.24, 2.45) is 10.2 Å². The van der Waals surface area contributed by atoms with Crippen molar-refractivity contribution in [1.82, 2.24) is 9.97 Å². The third-order valence-electron chi connectivity index (χ3n) is 4.49. The van der Waals surface area contributed by atoms with Gasteiger partial charge in [-0.2, -0.15) is 20.5 Å². The van der Waals surface area contributed by atoms with E-state index in [0.717, 1.165) is 28.2 Å². The molecule has 0 saturated heterocycles. The van der Waals surface area contributed by atoms with E-state index in [1.54, 1.807) is 0 Å². The fourth-order valence-electron chi connectivity index (χ4n) is 3.00. The fourth-order valence-corrected chi connectivity index (χ4v) is 4.34. The first-order valence-electron chi connectivity index (χ1n) is 9.42. The molecule has 2 aromatic carbocycles. The van der Waals surface area contributed by atoms with Gasteiger partial charge in [-0.15, -0.1) is 11.3 Å². The summed E-state index contributed by atoms with van der Waals surface area (Å²) in [7, 11) is 0. The van der Waals surface area contributed by atoms with Crippen LogP contribution in [0.25, 0.3) is 11.3 Å². The molecule has 5 rings (SSSR count). The summed E-state index contributed by atoms with van der Waals surface area (Å²) >= 11 is 2.48. The second kappa shape index (κ2) is 8.50. The van der Waals surface area contributed by atoms with Gasteiger partial charge in [0, 0.05) is 16.5 Å². The normalized spacial score (nSPS) is 14.5. The molecule has 0 spiro atoms. The molecule has 0 atom stereocenters. The summed E-state index contributed by atoms with van der Waals surface area (Å²) in [5.74, 6) is -0.401. The van der Waals surface area contributed by atoms with Gasteiger partial charge in [0.1, 0.15) is 16.7 Å². The Bertz CT molecular complexity index is 1380. The molecule has 32 heavy (non-hydrogen) atoms. The molecule has 4 aromatic rings. The Kier molecular flexibility index (Phi) is 5.25. The Morgan fingerprint density at radius 1 is 1.03 bits per heavy atom. The van der Waals surface area contributed by atoms with Gasteiger partial charge in [0.15, 0.2) is 5.71 Å². The third-order valence-corrected chi connectivity index (χ3v) is 6.11. The number of carbonyl (C=O) groups is 1. The van der Waals surface area contributed by atoms with Crippen LogP contribution in [0.5, 0.6) is 0 Å². The van der Waals surface area contributed by atoms with Gasteiger partial charge in [0.25, 0.3) is 0 Å². The highest BCUT2D eigenvalue weighted by atomic mass is 32.1. The topological polar surface area (TPSA) is 107 Å². The molecule has 1 N–H and O–H groups in total. The lowest BCUT2D eigenvalue weighted by atomic mass is 10.1. The van der Waals surface area contributed by atoms with E-state index >= 15 is 0 Å². The summed E-state index contributed by atoms with van der Waals surface area (Å²) < 4.78 is 0. The number of hydrogen-bond acceptors (Lipinski definition) is 9. The number of thiazole rings is 2. The molecule has 1 aliphatic rings. The molecular formula is C22H13N7OS2. The van der Waals surface area contributed by atoms with Gasteiger partial charge in [0.2, 0.25) is 10.3 Å². The Hall–Kier alpha value is -4.20. The van der Waals surface area contributed by atoms with E-state index in [-0.39, 0.29) is 5.71 Å². The van der Waals surface area contributed by atoms with E-state index in [2.05, 4.69) is 25.6 Å². The molecule has 0 bridgehead atoms. The Labute approximate surface area is 190 Å². The predicted molar refractivity (Wildman–Crippen MR) is 126 cm³/mol. The molecule has 3 heterocycles. The van der Waals surface area contributed by atoms with Crippen molar-refractivity contribution in [3.05, 3.63) is 82.7 Å². The van der Waals surface area contributed by atoms with Crippen LogP contribution in [0, 0.1) is 11.3 Å². The summed E-state index contributed by atoms with van der Waals surface area (Å²) in [4.78, 5) is 22.4. The maximum absolute atomic E-state index is 13.3. The first-order chi connectivity index (χ1) is 15.7. The van der Waals surface area contributed by atoms with Crippen molar-refractivity contribution in [2.45, 2.75) is 0 Å². The standard InChI is InChI=1S/C22H13N7OS2/c23-11-16-12-24-21(32-16)27-26-19-18(15-9-5-2-6-10-15)28-29(20(19)30)22-25-17(13-31-22)14-7-3-1-4-8-14/h1-10,12-13H,(H,24,27)/b26-19-. The Morgan fingerprint density at radius 2 is 1.75 bits per heavy atom. The van der Waals surface area contributed by atoms with Crippen LogP contribution >= 0.6 is 22.7 Å². The molecule has 0 fully saturated rings. The first kappa shape index (κ1) is 19.7. The number of nitriles is 1. The van der Waals surface area contributed by atoms with E-state index < -0.39 is 5.91 Å². The molecule has 10 heteroatoms. The zero-order valence-electron chi connectivity index (χ0n) is 16.3. The number of nitrogens with one attached hydrogen (secondary N) is 1. The zero-order valence-corrected chi connectivity index (χ0v) is 18.0. The third kappa shape index (κ3) is 3.78. The number of carbonyl (C=O) groups excluding carboxylic acids is 1. The molecule has 154 valence electrons.